The summed E-state index contributed by atoms with van der Waals surface area (Å²) in [6.45, 7) is 9.81. The van der Waals surface area contributed by atoms with E-state index in [2.05, 4.69) is 11.5 Å². The maximum Gasteiger partial charge on any atom is 0.130 e. The Kier molecular flexibility index (Phi) is 3.52. The first-order valence-electron chi connectivity index (χ1n) is 4.99. The first-order chi connectivity index (χ1) is 6.09. The quantitative estimate of drug-likeness (QED) is 0.665. The van der Waals surface area contributed by atoms with Gasteiger partial charge in [-0.3, -0.25) is 0 Å². The number of Topliss-reactive ketones (excluding diaryl/α,β-unsaturated/α-hetero) is 1. The lowest BCUT2D eigenvalue weighted by Crippen LogP contribution is -2.32. The van der Waals surface area contributed by atoms with E-state index in [1.54, 1.807) is 6.92 Å². The summed E-state index contributed by atoms with van der Waals surface area (Å²) < 4.78 is 0. The molecule has 0 N–H and O–H groups in total. The summed E-state index contributed by atoms with van der Waals surface area (Å²) in [5.41, 5.74) is 1.15. The van der Waals surface area contributed by atoms with E-state index in [1.165, 1.54) is 0 Å². The Bertz CT molecular complexity index is 202. The van der Waals surface area contributed by atoms with Crippen molar-refractivity contribution in [2.45, 2.75) is 33.1 Å². The van der Waals surface area contributed by atoms with Crippen LogP contribution in [-0.2, 0) is 4.79 Å². The molecule has 0 aromatic heterocycles. The standard InChI is InChI=1S/C11H19NO/c1-9(2)12-6-4-11(5-7-12)8-10(3)13/h11H,1,4-8H2,2-3H3. The molecule has 0 aliphatic carbocycles. The minimum absolute atomic E-state index is 0.328. The number of allylic oxidation sites excluding steroid dienone is 1. The van der Waals surface area contributed by atoms with E-state index >= 15 is 0 Å². The molecule has 0 amide bonds. The Hall–Kier alpha value is -0.790. The number of ketones is 1. The van der Waals surface area contributed by atoms with Gasteiger partial charge in [0, 0.05) is 25.2 Å². The van der Waals surface area contributed by atoms with E-state index in [1.807, 2.05) is 6.92 Å². The van der Waals surface area contributed by atoms with Crippen molar-refractivity contribution in [3.8, 4) is 0 Å². The van der Waals surface area contributed by atoms with Crippen molar-refractivity contribution in [3.63, 3.8) is 0 Å². The Morgan fingerprint density at radius 2 is 1.92 bits per heavy atom. The Morgan fingerprint density at radius 3 is 2.31 bits per heavy atom. The van der Waals surface area contributed by atoms with Gasteiger partial charge >= 0.3 is 0 Å². The molecule has 1 saturated heterocycles. The Morgan fingerprint density at radius 1 is 1.38 bits per heavy atom. The van der Waals surface area contributed by atoms with Gasteiger partial charge in [-0.1, -0.05) is 6.58 Å². The zero-order chi connectivity index (χ0) is 9.84. The second-order valence-electron chi connectivity index (χ2n) is 4.07. The summed E-state index contributed by atoms with van der Waals surface area (Å²) in [5.74, 6) is 0.946. The maximum atomic E-state index is 10.9. The molecule has 0 aromatic carbocycles. The van der Waals surface area contributed by atoms with Crippen LogP contribution in [0.15, 0.2) is 12.3 Å². The molecule has 1 aliphatic heterocycles. The lowest BCUT2D eigenvalue weighted by atomic mass is 9.92. The summed E-state index contributed by atoms with van der Waals surface area (Å²) in [6.07, 6.45) is 3.06. The highest BCUT2D eigenvalue weighted by atomic mass is 16.1. The number of piperidine rings is 1. The fourth-order valence-electron chi connectivity index (χ4n) is 1.93. The van der Waals surface area contributed by atoms with Crippen molar-refractivity contribution >= 4 is 5.78 Å². The van der Waals surface area contributed by atoms with Gasteiger partial charge in [0.15, 0.2) is 0 Å². The van der Waals surface area contributed by atoms with Gasteiger partial charge in [0.05, 0.1) is 0 Å². The molecule has 0 saturated carbocycles. The summed E-state index contributed by atoms with van der Waals surface area (Å²) in [7, 11) is 0. The molecule has 0 bridgehead atoms. The predicted molar refractivity (Wildman–Crippen MR) is 54.4 cm³/mol. The number of likely N-dealkylation sites (tertiary alicyclic amines) is 1. The highest BCUT2D eigenvalue weighted by Gasteiger charge is 2.19. The van der Waals surface area contributed by atoms with E-state index in [-0.39, 0.29) is 0 Å². The van der Waals surface area contributed by atoms with Gasteiger partial charge in [-0.15, -0.1) is 0 Å². The normalized spacial score (nSPS) is 18.8. The van der Waals surface area contributed by atoms with E-state index in [0.717, 1.165) is 38.0 Å². The molecule has 2 heteroatoms. The van der Waals surface area contributed by atoms with Crippen molar-refractivity contribution in [1.82, 2.24) is 4.90 Å². The molecule has 0 aromatic rings. The molecule has 1 heterocycles. The van der Waals surface area contributed by atoms with Crippen molar-refractivity contribution in [3.05, 3.63) is 12.3 Å². The second-order valence-corrected chi connectivity index (χ2v) is 4.07. The van der Waals surface area contributed by atoms with Crippen LogP contribution >= 0.6 is 0 Å². The third-order valence-corrected chi connectivity index (χ3v) is 2.73. The molecule has 1 rings (SSSR count). The van der Waals surface area contributed by atoms with Crippen molar-refractivity contribution < 1.29 is 4.79 Å². The lowest BCUT2D eigenvalue weighted by Gasteiger charge is -2.33. The van der Waals surface area contributed by atoms with Crippen LogP contribution < -0.4 is 0 Å². The highest BCUT2D eigenvalue weighted by molar-refractivity contribution is 5.75. The van der Waals surface area contributed by atoms with Crippen LogP contribution in [0.5, 0.6) is 0 Å². The van der Waals surface area contributed by atoms with Crippen LogP contribution in [0.4, 0.5) is 0 Å². The maximum absolute atomic E-state index is 10.9. The average molecular weight is 181 g/mol. The number of nitrogens with zero attached hydrogens (tertiary/aromatic N) is 1. The van der Waals surface area contributed by atoms with Gasteiger partial charge in [-0.05, 0) is 32.6 Å². The number of carbonyl (C=O) groups excluding carboxylic acids is 1. The number of hydrogen-bond acceptors (Lipinski definition) is 2. The van der Waals surface area contributed by atoms with Crippen LogP contribution in [0.25, 0.3) is 0 Å². The fourth-order valence-corrected chi connectivity index (χ4v) is 1.93. The zero-order valence-corrected chi connectivity index (χ0v) is 8.68. The minimum Gasteiger partial charge on any atom is -0.376 e. The van der Waals surface area contributed by atoms with E-state index in [9.17, 15) is 4.79 Å². The molecule has 0 atom stereocenters. The molecule has 0 radical (unpaired) electrons. The summed E-state index contributed by atoms with van der Waals surface area (Å²) in [4.78, 5) is 13.2. The number of carbonyl (C=O) groups is 1. The first-order valence-corrected chi connectivity index (χ1v) is 4.99. The van der Waals surface area contributed by atoms with Gasteiger partial charge in [-0.2, -0.15) is 0 Å². The first kappa shape index (κ1) is 10.3. The fraction of sp³-hybridized carbons (Fsp3) is 0.727. The predicted octanol–water partition coefficient (Wildman–Crippen LogP) is 2.21. The average Bonchev–Trinajstić information content (AvgIpc) is 2.04. The molecule has 0 unspecified atom stereocenters. The van der Waals surface area contributed by atoms with Gasteiger partial charge in [0.1, 0.15) is 5.78 Å². The lowest BCUT2D eigenvalue weighted by molar-refractivity contribution is -0.118. The number of rotatable bonds is 3. The smallest absolute Gasteiger partial charge is 0.130 e. The molecule has 1 fully saturated rings. The topological polar surface area (TPSA) is 20.3 Å². The molecule has 1 aliphatic rings. The summed E-state index contributed by atoms with van der Waals surface area (Å²) >= 11 is 0. The van der Waals surface area contributed by atoms with E-state index < -0.39 is 0 Å². The molecule has 2 nitrogen and oxygen atoms in total. The third-order valence-electron chi connectivity index (χ3n) is 2.73. The Balaban J connectivity index is 2.30. The van der Waals surface area contributed by atoms with E-state index in [4.69, 9.17) is 0 Å². The van der Waals surface area contributed by atoms with Gasteiger partial charge in [0.2, 0.25) is 0 Å². The highest BCUT2D eigenvalue weighted by Crippen LogP contribution is 2.22. The van der Waals surface area contributed by atoms with Gasteiger partial charge in [-0.25, -0.2) is 0 Å². The molecule has 13 heavy (non-hydrogen) atoms. The third kappa shape index (κ3) is 3.21. The molecule has 0 spiro atoms. The van der Waals surface area contributed by atoms with E-state index in [0.29, 0.717) is 11.7 Å². The van der Waals surface area contributed by atoms with Gasteiger partial charge < -0.3 is 9.69 Å². The van der Waals surface area contributed by atoms with Crippen molar-refractivity contribution in [2.75, 3.05) is 13.1 Å². The van der Waals surface area contributed by atoms with Crippen molar-refractivity contribution in [1.29, 1.82) is 0 Å². The second kappa shape index (κ2) is 4.45. The van der Waals surface area contributed by atoms with Crippen LogP contribution in [0, 0.1) is 5.92 Å². The largest absolute Gasteiger partial charge is 0.376 e. The molecular formula is C11H19NO. The Labute approximate surface area is 80.6 Å². The monoisotopic (exact) mass is 181 g/mol. The summed E-state index contributed by atoms with van der Waals surface area (Å²) in [5, 5.41) is 0. The summed E-state index contributed by atoms with van der Waals surface area (Å²) in [6, 6.07) is 0. The molecule has 74 valence electrons. The van der Waals surface area contributed by atoms with Crippen LogP contribution in [0.1, 0.15) is 33.1 Å². The van der Waals surface area contributed by atoms with Crippen LogP contribution in [0.2, 0.25) is 0 Å². The van der Waals surface area contributed by atoms with Crippen LogP contribution in [-0.4, -0.2) is 23.8 Å². The molecular weight excluding hydrogens is 162 g/mol. The SMILES string of the molecule is C=C(C)N1CCC(CC(C)=O)CC1. The van der Waals surface area contributed by atoms with Gasteiger partial charge in [0.25, 0.3) is 0 Å². The number of hydrogen-bond donors (Lipinski definition) is 0. The minimum atomic E-state index is 0.328. The van der Waals surface area contributed by atoms with Crippen molar-refractivity contribution in [2.24, 2.45) is 5.92 Å². The van der Waals surface area contributed by atoms with Crippen LogP contribution in [0.3, 0.4) is 0 Å². The zero-order valence-electron chi connectivity index (χ0n) is 8.68.